The smallest absolute Gasteiger partial charge is 0.123 e. The standard InChI is InChI=1S/C16H14FN/c1-3-12-7-8-14(10-18)16(11(12)2)13-5-4-6-15(17)9-13/h4-9H,3H2,1-2H3. The third kappa shape index (κ3) is 2.12. The third-order valence-corrected chi connectivity index (χ3v) is 3.19. The summed E-state index contributed by atoms with van der Waals surface area (Å²) in [7, 11) is 0. The van der Waals surface area contributed by atoms with Crippen LogP contribution in [0.3, 0.4) is 0 Å². The highest BCUT2D eigenvalue weighted by molar-refractivity contribution is 5.75. The highest BCUT2D eigenvalue weighted by Crippen LogP contribution is 2.30. The van der Waals surface area contributed by atoms with E-state index in [2.05, 4.69) is 13.0 Å². The SMILES string of the molecule is CCc1ccc(C#N)c(-c2cccc(F)c2)c1C. The van der Waals surface area contributed by atoms with E-state index >= 15 is 0 Å². The van der Waals surface area contributed by atoms with Crippen LogP contribution in [0.1, 0.15) is 23.6 Å². The van der Waals surface area contributed by atoms with Gasteiger partial charge < -0.3 is 0 Å². The van der Waals surface area contributed by atoms with E-state index in [1.54, 1.807) is 6.07 Å². The second kappa shape index (κ2) is 5.01. The molecule has 0 fully saturated rings. The topological polar surface area (TPSA) is 23.8 Å². The molecule has 2 heteroatoms. The molecule has 0 heterocycles. The number of rotatable bonds is 2. The predicted molar refractivity (Wildman–Crippen MR) is 70.7 cm³/mol. The Kier molecular flexibility index (Phi) is 3.43. The van der Waals surface area contributed by atoms with Crippen LogP contribution >= 0.6 is 0 Å². The van der Waals surface area contributed by atoms with Crippen LogP contribution in [0.2, 0.25) is 0 Å². The molecule has 18 heavy (non-hydrogen) atoms. The normalized spacial score (nSPS) is 10.1. The molecule has 0 atom stereocenters. The van der Waals surface area contributed by atoms with E-state index in [-0.39, 0.29) is 5.82 Å². The van der Waals surface area contributed by atoms with Crippen molar-refractivity contribution in [2.45, 2.75) is 20.3 Å². The summed E-state index contributed by atoms with van der Waals surface area (Å²) in [6.45, 7) is 4.06. The summed E-state index contributed by atoms with van der Waals surface area (Å²) < 4.78 is 13.3. The summed E-state index contributed by atoms with van der Waals surface area (Å²) in [6, 6.07) is 12.4. The van der Waals surface area contributed by atoms with Crippen molar-refractivity contribution in [2.24, 2.45) is 0 Å². The first-order valence-electron chi connectivity index (χ1n) is 5.96. The molecular weight excluding hydrogens is 225 g/mol. The minimum Gasteiger partial charge on any atom is -0.207 e. The minimum atomic E-state index is -0.280. The number of hydrogen-bond acceptors (Lipinski definition) is 1. The first-order chi connectivity index (χ1) is 8.67. The van der Waals surface area contributed by atoms with E-state index in [1.165, 1.54) is 17.7 Å². The molecule has 0 aromatic heterocycles. The summed E-state index contributed by atoms with van der Waals surface area (Å²) >= 11 is 0. The van der Waals surface area contributed by atoms with Gasteiger partial charge in [0, 0.05) is 5.56 Å². The number of halogens is 1. The predicted octanol–water partition coefficient (Wildman–Crippen LogP) is 4.24. The zero-order chi connectivity index (χ0) is 13.1. The molecule has 0 amide bonds. The maximum absolute atomic E-state index is 13.3. The van der Waals surface area contributed by atoms with Gasteiger partial charge >= 0.3 is 0 Å². The van der Waals surface area contributed by atoms with Crippen LogP contribution in [0.4, 0.5) is 4.39 Å². The maximum Gasteiger partial charge on any atom is 0.123 e. The van der Waals surface area contributed by atoms with E-state index in [4.69, 9.17) is 0 Å². The molecule has 0 aliphatic heterocycles. The van der Waals surface area contributed by atoms with E-state index in [9.17, 15) is 9.65 Å². The molecule has 0 aliphatic rings. The maximum atomic E-state index is 13.3. The summed E-state index contributed by atoms with van der Waals surface area (Å²) in [6.07, 6.45) is 0.903. The second-order valence-corrected chi connectivity index (χ2v) is 4.25. The van der Waals surface area contributed by atoms with Crippen molar-refractivity contribution in [2.75, 3.05) is 0 Å². The van der Waals surface area contributed by atoms with E-state index in [1.807, 2.05) is 25.1 Å². The van der Waals surface area contributed by atoms with E-state index in [0.717, 1.165) is 23.1 Å². The Balaban J connectivity index is 2.73. The summed E-state index contributed by atoms with van der Waals surface area (Å²) in [5.41, 5.74) is 4.45. The van der Waals surface area contributed by atoms with Gasteiger partial charge in [-0.25, -0.2) is 4.39 Å². The largest absolute Gasteiger partial charge is 0.207 e. The summed E-state index contributed by atoms with van der Waals surface area (Å²) in [5, 5.41) is 9.19. The van der Waals surface area contributed by atoms with Crippen molar-refractivity contribution < 1.29 is 4.39 Å². The lowest BCUT2D eigenvalue weighted by Crippen LogP contribution is -1.95. The number of hydrogen-bond donors (Lipinski definition) is 0. The molecule has 2 rings (SSSR count). The average Bonchev–Trinajstić information content (AvgIpc) is 2.38. The van der Waals surface area contributed by atoms with Crippen molar-refractivity contribution in [3.63, 3.8) is 0 Å². The Labute approximate surface area is 107 Å². The molecule has 0 radical (unpaired) electrons. The molecule has 2 aromatic rings. The first-order valence-corrected chi connectivity index (χ1v) is 5.96. The van der Waals surface area contributed by atoms with Gasteiger partial charge in [-0.05, 0) is 48.2 Å². The number of benzene rings is 2. The molecular formula is C16H14FN. The van der Waals surface area contributed by atoms with Crippen LogP contribution < -0.4 is 0 Å². The highest BCUT2D eigenvalue weighted by atomic mass is 19.1. The molecule has 0 saturated carbocycles. The van der Waals surface area contributed by atoms with Gasteiger partial charge in [0.25, 0.3) is 0 Å². The van der Waals surface area contributed by atoms with Crippen LogP contribution in [-0.4, -0.2) is 0 Å². The number of nitrogens with zero attached hydrogens (tertiary/aromatic N) is 1. The lowest BCUT2D eigenvalue weighted by molar-refractivity contribution is 0.628. The average molecular weight is 239 g/mol. The fourth-order valence-electron chi connectivity index (χ4n) is 2.25. The van der Waals surface area contributed by atoms with Gasteiger partial charge in [-0.1, -0.05) is 25.1 Å². The molecule has 0 spiro atoms. The highest BCUT2D eigenvalue weighted by Gasteiger charge is 2.11. The van der Waals surface area contributed by atoms with Gasteiger partial charge in [0.1, 0.15) is 5.82 Å². The van der Waals surface area contributed by atoms with Crippen LogP contribution in [0.15, 0.2) is 36.4 Å². The second-order valence-electron chi connectivity index (χ2n) is 4.25. The van der Waals surface area contributed by atoms with E-state index < -0.39 is 0 Å². The molecule has 0 bridgehead atoms. The Bertz CT molecular complexity index is 623. The zero-order valence-corrected chi connectivity index (χ0v) is 10.5. The van der Waals surface area contributed by atoms with Crippen LogP contribution in [0.5, 0.6) is 0 Å². The molecule has 0 aliphatic carbocycles. The molecule has 0 saturated heterocycles. The fourth-order valence-corrected chi connectivity index (χ4v) is 2.25. The quantitative estimate of drug-likeness (QED) is 0.769. The van der Waals surface area contributed by atoms with Gasteiger partial charge in [0.15, 0.2) is 0 Å². The number of nitriles is 1. The van der Waals surface area contributed by atoms with Crippen molar-refractivity contribution in [3.05, 3.63) is 58.9 Å². The molecule has 0 unspecified atom stereocenters. The third-order valence-electron chi connectivity index (χ3n) is 3.19. The van der Waals surface area contributed by atoms with Crippen molar-refractivity contribution >= 4 is 0 Å². The summed E-state index contributed by atoms with van der Waals surface area (Å²) in [5.74, 6) is -0.280. The van der Waals surface area contributed by atoms with Crippen molar-refractivity contribution in [1.82, 2.24) is 0 Å². The zero-order valence-electron chi connectivity index (χ0n) is 10.5. The monoisotopic (exact) mass is 239 g/mol. The Hall–Kier alpha value is -2.14. The van der Waals surface area contributed by atoms with E-state index in [0.29, 0.717) is 5.56 Å². The molecule has 1 nitrogen and oxygen atoms in total. The first kappa shape index (κ1) is 12.3. The van der Waals surface area contributed by atoms with Crippen molar-refractivity contribution in [1.29, 1.82) is 5.26 Å². The Morgan fingerprint density at radius 3 is 2.61 bits per heavy atom. The Morgan fingerprint density at radius 1 is 1.22 bits per heavy atom. The lowest BCUT2D eigenvalue weighted by Gasteiger charge is -2.12. The van der Waals surface area contributed by atoms with Gasteiger partial charge in [0.2, 0.25) is 0 Å². The number of aryl methyl sites for hydroxylation is 1. The van der Waals surface area contributed by atoms with Crippen LogP contribution in [-0.2, 0) is 6.42 Å². The Morgan fingerprint density at radius 2 is 2.00 bits per heavy atom. The lowest BCUT2D eigenvalue weighted by atomic mass is 9.91. The van der Waals surface area contributed by atoms with Crippen molar-refractivity contribution in [3.8, 4) is 17.2 Å². The van der Waals surface area contributed by atoms with Crippen LogP contribution in [0.25, 0.3) is 11.1 Å². The van der Waals surface area contributed by atoms with Gasteiger partial charge in [-0.3, -0.25) is 0 Å². The molecule has 2 aromatic carbocycles. The fraction of sp³-hybridized carbons (Fsp3) is 0.188. The van der Waals surface area contributed by atoms with Crippen LogP contribution in [0, 0.1) is 24.1 Å². The summed E-state index contributed by atoms with van der Waals surface area (Å²) in [4.78, 5) is 0. The van der Waals surface area contributed by atoms with Gasteiger partial charge in [0.05, 0.1) is 11.6 Å². The van der Waals surface area contributed by atoms with Gasteiger partial charge in [-0.2, -0.15) is 5.26 Å². The molecule has 90 valence electrons. The van der Waals surface area contributed by atoms with Gasteiger partial charge in [-0.15, -0.1) is 0 Å². The minimum absolute atomic E-state index is 0.280. The molecule has 0 N–H and O–H groups in total.